The maximum Gasteiger partial charge on any atom is 0.274 e. The molecule has 0 atom stereocenters. The molecule has 2 N–H and O–H groups in total. The zero-order valence-electron chi connectivity index (χ0n) is 14.7. The number of halogens is 2. The van der Waals surface area contributed by atoms with Crippen LogP contribution in [0.1, 0.15) is 16.1 Å². The van der Waals surface area contributed by atoms with Crippen molar-refractivity contribution in [2.24, 2.45) is 0 Å². The van der Waals surface area contributed by atoms with Gasteiger partial charge >= 0.3 is 0 Å². The number of amides is 1. The molecule has 0 aliphatic heterocycles. The Labute approximate surface area is 161 Å². The molecule has 0 spiro atoms. The van der Waals surface area contributed by atoms with Crippen LogP contribution in [0.5, 0.6) is 5.75 Å². The van der Waals surface area contributed by atoms with Gasteiger partial charge in [0, 0.05) is 28.7 Å². The van der Waals surface area contributed by atoms with Crippen molar-refractivity contribution in [1.29, 1.82) is 0 Å². The van der Waals surface area contributed by atoms with Crippen LogP contribution < -0.4 is 15.4 Å². The van der Waals surface area contributed by atoms with Crippen molar-refractivity contribution in [1.82, 2.24) is 4.98 Å². The molecule has 0 bridgehead atoms. The van der Waals surface area contributed by atoms with Crippen LogP contribution >= 0.6 is 11.6 Å². The molecule has 0 saturated carbocycles. The third-order valence-electron chi connectivity index (χ3n) is 3.83. The van der Waals surface area contributed by atoms with E-state index in [0.717, 1.165) is 5.56 Å². The summed E-state index contributed by atoms with van der Waals surface area (Å²) < 4.78 is 18.6. The van der Waals surface area contributed by atoms with Crippen LogP contribution in [0.3, 0.4) is 0 Å². The van der Waals surface area contributed by atoms with E-state index in [0.29, 0.717) is 27.8 Å². The van der Waals surface area contributed by atoms with E-state index in [9.17, 15) is 9.18 Å². The zero-order valence-corrected chi connectivity index (χ0v) is 15.5. The van der Waals surface area contributed by atoms with Gasteiger partial charge < -0.3 is 15.4 Å². The average molecular weight is 386 g/mol. The normalized spacial score (nSPS) is 10.4. The Hall–Kier alpha value is -3.12. The maximum atomic E-state index is 13.3. The Balaban J connectivity index is 1.82. The molecule has 1 amide bonds. The smallest absolute Gasteiger partial charge is 0.274 e. The second kappa shape index (κ2) is 8.05. The fourth-order valence-corrected chi connectivity index (χ4v) is 2.63. The largest absolute Gasteiger partial charge is 0.495 e. The zero-order chi connectivity index (χ0) is 19.4. The number of aryl methyl sites for hydroxylation is 1. The molecule has 0 aliphatic rings. The van der Waals surface area contributed by atoms with Crippen molar-refractivity contribution in [3.63, 3.8) is 0 Å². The molecule has 2 aromatic carbocycles. The molecule has 27 heavy (non-hydrogen) atoms. The number of hydrogen-bond acceptors (Lipinski definition) is 4. The molecule has 0 radical (unpaired) electrons. The average Bonchev–Trinajstić information content (AvgIpc) is 2.65. The van der Waals surface area contributed by atoms with Crippen LogP contribution in [0.25, 0.3) is 0 Å². The molecular weight excluding hydrogens is 369 g/mol. The minimum absolute atomic E-state index is 0.189. The molecule has 5 nitrogen and oxygen atoms in total. The molecule has 1 aromatic heterocycles. The first-order valence-electron chi connectivity index (χ1n) is 8.10. The third-order valence-corrected chi connectivity index (χ3v) is 4.24. The van der Waals surface area contributed by atoms with Crippen LogP contribution in [0.2, 0.25) is 5.02 Å². The number of nitrogens with zero attached hydrogens (tertiary/aromatic N) is 1. The van der Waals surface area contributed by atoms with E-state index in [2.05, 4.69) is 15.6 Å². The Morgan fingerprint density at radius 1 is 1.15 bits per heavy atom. The van der Waals surface area contributed by atoms with Crippen LogP contribution in [0.15, 0.2) is 54.7 Å². The summed E-state index contributed by atoms with van der Waals surface area (Å²) in [4.78, 5) is 16.5. The Kier molecular flexibility index (Phi) is 5.57. The lowest BCUT2D eigenvalue weighted by Crippen LogP contribution is -2.14. The van der Waals surface area contributed by atoms with E-state index in [1.807, 2.05) is 13.0 Å². The second-order valence-electron chi connectivity index (χ2n) is 5.82. The van der Waals surface area contributed by atoms with Crippen molar-refractivity contribution in [3.8, 4) is 5.75 Å². The number of carbonyl (C=O) groups excluding carboxylic acids is 1. The molecule has 0 fully saturated rings. The van der Waals surface area contributed by atoms with Crippen LogP contribution in [-0.2, 0) is 0 Å². The van der Waals surface area contributed by atoms with Crippen molar-refractivity contribution >= 4 is 34.6 Å². The summed E-state index contributed by atoms with van der Waals surface area (Å²) >= 11 is 6.13. The summed E-state index contributed by atoms with van der Waals surface area (Å²) in [5.41, 5.74) is 2.79. The summed E-state index contributed by atoms with van der Waals surface area (Å²) in [7, 11) is 1.55. The highest BCUT2D eigenvalue weighted by molar-refractivity contribution is 6.31. The van der Waals surface area contributed by atoms with Crippen LogP contribution in [-0.4, -0.2) is 18.0 Å². The minimum Gasteiger partial charge on any atom is -0.495 e. The lowest BCUT2D eigenvalue weighted by molar-refractivity contribution is 0.102. The summed E-state index contributed by atoms with van der Waals surface area (Å²) in [6.07, 6.45) is 1.51. The lowest BCUT2D eigenvalue weighted by atomic mass is 10.2. The predicted molar refractivity (Wildman–Crippen MR) is 105 cm³/mol. The molecule has 0 aliphatic carbocycles. The quantitative estimate of drug-likeness (QED) is 0.634. The van der Waals surface area contributed by atoms with Gasteiger partial charge in [-0.05, 0) is 48.9 Å². The number of hydrogen-bond donors (Lipinski definition) is 2. The van der Waals surface area contributed by atoms with Gasteiger partial charge in [0.1, 0.15) is 17.3 Å². The summed E-state index contributed by atoms with van der Waals surface area (Å²) in [5, 5.41) is 6.41. The van der Waals surface area contributed by atoms with Gasteiger partial charge in [0.2, 0.25) is 0 Å². The third kappa shape index (κ3) is 4.54. The topological polar surface area (TPSA) is 63.2 Å². The molecule has 0 saturated heterocycles. The first kappa shape index (κ1) is 18.7. The Bertz CT molecular complexity index is 995. The Morgan fingerprint density at radius 2 is 1.96 bits per heavy atom. The molecule has 1 heterocycles. The summed E-state index contributed by atoms with van der Waals surface area (Å²) in [6, 6.07) is 12.6. The number of ether oxygens (including phenoxy) is 1. The maximum absolute atomic E-state index is 13.3. The number of aromatic nitrogens is 1. The first-order valence-corrected chi connectivity index (χ1v) is 8.48. The molecule has 3 rings (SSSR count). The van der Waals surface area contributed by atoms with Crippen molar-refractivity contribution < 1.29 is 13.9 Å². The standard InChI is InChI=1S/C20H17ClFN3O2/c1-12-8-17(19(27-2)11-16(12)21)24-15-6-7-23-18(10-15)20(26)25-14-5-3-4-13(22)9-14/h3-11H,1-2H3,(H,23,24)(H,25,26). The van der Waals surface area contributed by atoms with Crippen molar-refractivity contribution in [2.45, 2.75) is 6.92 Å². The number of benzene rings is 2. The highest BCUT2D eigenvalue weighted by Crippen LogP contribution is 2.33. The first-order chi connectivity index (χ1) is 13.0. The number of rotatable bonds is 5. The monoisotopic (exact) mass is 385 g/mol. The Morgan fingerprint density at radius 3 is 2.70 bits per heavy atom. The number of anilines is 3. The van der Waals surface area contributed by atoms with Crippen molar-refractivity contribution in [3.05, 3.63) is 76.8 Å². The van der Waals surface area contributed by atoms with E-state index >= 15 is 0 Å². The fourth-order valence-electron chi connectivity index (χ4n) is 2.48. The SMILES string of the molecule is COc1cc(Cl)c(C)cc1Nc1ccnc(C(=O)Nc2cccc(F)c2)c1. The molecule has 7 heteroatoms. The predicted octanol–water partition coefficient (Wildman–Crippen LogP) is 5.19. The number of nitrogens with one attached hydrogen (secondary N) is 2. The second-order valence-corrected chi connectivity index (χ2v) is 6.23. The van der Waals surface area contributed by atoms with Gasteiger partial charge in [0.05, 0.1) is 12.8 Å². The molecule has 3 aromatic rings. The minimum atomic E-state index is -0.441. The molecular formula is C20H17ClFN3O2. The van der Waals surface area contributed by atoms with E-state index in [1.54, 1.807) is 31.4 Å². The van der Waals surface area contributed by atoms with Crippen molar-refractivity contribution in [2.75, 3.05) is 17.7 Å². The van der Waals surface area contributed by atoms with Crippen LogP contribution in [0.4, 0.5) is 21.5 Å². The lowest BCUT2D eigenvalue weighted by Gasteiger charge is -2.13. The number of methoxy groups -OCH3 is 1. The van der Waals surface area contributed by atoms with Crippen LogP contribution in [0, 0.1) is 12.7 Å². The van der Waals surface area contributed by atoms with Gasteiger partial charge in [-0.15, -0.1) is 0 Å². The van der Waals surface area contributed by atoms with Gasteiger partial charge in [-0.25, -0.2) is 4.39 Å². The van der Waals surface area contributed by atoms with Gasteiger partial charge in [-0.2, -0.15) is 0 Å². The number of carbonyl (C=O) groups is 1. The number of pyridine rings is 1. The summed E-state index contributed by atoms with van der Waals surface area (Å²) in [5.74, 6) is -0.293. The highest BCUT2D eigenvalue weighted by atomic mass is 35.5. The van der Waals surface area contributed by atoms with E-state index in [4.69, 9.17) is 16.3 Å². The van der Waals surface area contributed by atoms with Gasteiger partial charge in [-0.3, -0.25) is 9.78 Å². The van der Waals surface area contributed by atoms with Gasteiger partial charge in [0.25, 0.3) is 5.91 Å². The van der Waals surface area contributed by atoms with E-state index < -0.39 is 11.7 Å². The fraction of sp³-hybridized carbons (Fsp3) is 0.100. The van der Waals surface area contributed by atoms with E-state index in [1.165, 1.54) is 24.4 Å². The van der Waals surface area contributed by atoms with E-state index in [-0.39, 0.29) is 5.69 Å². The summed E-state index contributed by atoms with van der Waals surface area (Å²) in [6.45, 7) is 1.89. The molecule has 138 valence electrons. The van der Waals surface area contributed by atoms with Gasteiger partial charge in [-0.1, -0.05) is 17.7 Å². The molecule has 0 unspecified atom stereocenters. The van der Waals surface area contributed by atoms with Gasteiger partial charge in [0.15, 0.2) is 0 Å². The highest BCUT2D eigenvalue weighted by Gasteiger charge is 2.11.